The van der Waals surface area contributed by atoms with E-state index in [9.17, 15) is 0 Å². The highest BCUT2D eigenvalue weighted by Gasteiger charge is 2.24. The molecule has 1 saturated carbocycles. The highest BCUT2D eigenvalue weighted by Crippen LogP contribution is 2.24. The predicted octanol–water partition coefficient (Wildman–Crippen LogP) is 2.98. The molecular formula is C17H22N2. The minimum absolute atomic E-state index is 0.454. The zero-order valence-electron chi connectivity index (χ0n) is 11.5. The molecule has 3 N–H and O–H groups in total. The highest BCUT2D eigenvalue weighted by atomic mass is 14.9. The first-order valence-electron chi connectivity index (χ1n) is 7.16. The van der Waals surface area contributed by atoms with E-state index in [2.05, 4.69) is 48.6 Å². The molecule has 1 aliphatic carbocycles. The van der Waals surface area contributed by atoms with Crippen LogP contribution in [0.1, 0.15) is 24.0 Å². The van der Waals surface area contributed by atoms with Gasteiger partial charge < -0.3 is 11.1 Å². The van der Waals surface area contributed by atoms with Crippen LogP contribution in [0.5, 0.6) is 0 Å². The van der Waals surface area contributed by atoms with Gasteiger partial charge in [0.1, 0.15) is 0 Å². The lowest BCUT2D eigenvalue weighted by Gasteiger charge is -2.32. The smallest absolute Gasteiger partial charge is 0.0205 e. The molecule has 3 rings (SSSR count). The number of fused-ring (bicyclic) bond motifs is 1. The van der Waals surface area contributed by atoms with E-state index in [1.807, 2.05) is 0 Å². The van der Waals surface area contributed by atoms with Crippen LogP contribution in [0.25, 0.3) is 10.8 Å². The standard InChI is InChI=1S/C17H22N2/c1-12-2-4-16-7-13(3-5-15(16)6-12)10-19-11-14-8-17(18)9-14/h2-7,14,17,19H,8-11,18H2,1H3. The summed E-state index contributed by atoms with van der Waals surface area (Å²) in [5.41, 5.74) is 8.48. The van der Waals surface area contributed by atoms with Crippen LogP contribution in [0.3, 0.4) is 0 Å². The van der Waals surface area contributed by atoms with Crippen LogP contribution >= 0.6 is 0 Å². The molecule has 0 amide bonds. The van der Waals surface area contributed by atoms with Gasteiger partial charge in [0.25, 0.3) is 0 Å². The van der Waals surface area contributed by atoms with Crippen molar-refractivity contribution in [3.8, 4) is 0 Å². The Morgan fingerprint density at radius 3 is 2.63 bits per heavy atom. The van der Waals surface area contributed by atoms with Crippen molar-refractivity contribution in [2.75, 3.05) is 6.54 Å². The summed E-state index contributed by atoms with van der Waals surface area (Å²) < 4.78 is 0. The van der Waals surface area contributed by atoms with Crippen LogP contribution < -0.4 is 11.1 Å². The second kappa shape index (κ2) is 5.32. The molecule has 0 aromatic heterocycles. The molecule has 2 nitrogen and oxygen atoms in total. The van der Waals surface area contributed by atoms with Crippen molar-refractivity contribution < 1.29 is 0 Å². The molecule has 0 atom stereocenters. The van der Waals surface area contributed by atoms with Crippen molar-refractivity contribution in [1.82, 2.24) is 5.32 Å². The maximum absolute atomic E-state index is 5.80. The van der Waals surface area contributed by atoms with Gasteiger partial charge in [-0.05, 0) is 54.6 Å². The van der Waals surface area contributed by atoms with Crippen LogP contribution in [-0.4, -0.2) is 12.6 Å². The van der Waals surface area contributed by atoms with Gasteiger partial charge in [0.05, 0.1) is 0 Å². The van der Waals surface area contributed by atoms with Gasteiger partial charge >= 0.3 is 0 Å². The van der Waals surface area contributed by atoms with Crippen LogP contribution in [0.15, 0.2) is 36.4 Å². The first-order valence-corrected chi connectivity index (χ1v) is 7.16. The van der Waals surface area contributed by atoms with Crippen LogP contribution in [-0.2, 0) is 6.54 Å². The first-order chi connectivity index (χ1) is 9.20. The molecule has 0 bridgehead atoms. The third-order valence-corrected chi connectivity index (χ3v) is 4.09. The molecule has 0 unspecified atom stereocenters. The maximum atomic E-state index is 5.80. The van der Waals surface area contributed by atoms with Gasteiger partial charge in [0.2, 0.25) is 0 Å². The summed E-state index contributed by atoms with van der Waals surface area (Å²) in [7, 11) is 0. The Labute approximate surface area is 115 Å². The van der Waals surface area contributed by atoms with Crippen molar-refractivity contribution in [3.63, 3.8) is 0 Å². The fourth-order valence-corrected chi connectivity index (χ4v) is 2.90. The fraction of sp³-hybridized carbons (Fsp3) is 0.412. The average molecular weight is 254 g/mol. The van der Waals surface area contributed by atoms with E-state index in [0.717, 1.165) is 19.0 Å². The van der Waals surface area contributed by atoms with E-state index in [-0.39, 0.29) is 0 Å². The van der Waals surface area contributed by atoms with Gasteiger partial charge in [0.15, 0.2) is 0 Å². The highest BCUT2D eigenvalue weighted by molar-refractivity contribution is 5.83. The predicted molar refractivity (Wildman–Crippen MR) is 81.1 cm³/mol. The van der Waals surface area contributed by atoms with Crippen molar-refractivity contribution >= 4 is 10.8 Å². The Morgan fingerprint density at radius 1 is 1.11 bits per heavy atom. The topological polar surface area (TPSA) is 38.0 Å². The summed E-state index contributed by atoms with van der Waals surface area (Å²) >= 11 is 0. The zero-order valence-corrected chi connectivity index (χ0v) is 11.5. The molecule has 0 spiro atoms. The number of nitrogens with two attached hydrogens (primary N) is 1. The van der Waals surface area contributed by atoms with E-state index in [1.54, 1.807) is 0 Å². The first kappa shape index (κ1) is 12.6. The van der Waals surface area contributed by atoms with Gasteiger partial charge in [-0.1, -0.05) is 35.9 Å². The maximum Gasteiger partial charge on any atom is 0.0205 e. The van der Waals surface area contributed by atoms with Gasteiger partial charge in [-0.3, -0.25) is 0 Å². The normalized spacial score (nSPS) is 22.4. The Hall–Kier alpha value is -1.38. The monoisotopic (exact) mass is 254 g/mol. The minimum atomic E-state index is 0.454. The summed E-state index contributed by atoms with van der Waals surface area (Å²) in [6, 6.07) is 13.8. The lowest BCUT2D eigenvalue weighted by atomic mass is 9.81. The molecule has 1 fully saturated rings. The molecule has 0 saturated heterocycles. The van der Waals surface area contributed by atoms with Gasteiger partial charge in [0, 0.05) is 12.6 Å². The largest absolute Gasteiger partial charge is 0.328 e. The van der Waals surface area contributed by atoms with Crippen molar-refractivity contribution in [3.05, 3.63) is 47.5 Å². The quantitative estimate of drug-likeness (QED) is 0.880. The van der Waals surface area contributed by atoms with Crippen LogP contribution in [0, 0.1) is 12.8 Å². The molecule has 2 heteroatoms. The molecular weight excluding hydrogens is 232 g/mol. The summed E-state index contributed by atoms with van der Waals surface area (Å²) in [5.74, 6) is 0.790. The molecule has 0 radical (unpaired) electrons. The van der Waals surface area contributed by atoms with Gasteiger partial charge in [-0.25, -0.2) is 0 Å². The minimum Gasteiger partial charge on any atom is -0.328 e. The molecule has 2 aromatic carbocycles. The van der Waals surface area contributed by atoms with E-state index in [0.29, 0.717) is 6.04 Å². The average Bonchev–Trinajstić information content (AvgIpc) is 2.37. The van der Waals surface area contributed by atoms with Crippen molar-refractivity contribution in [1.29, 1.82) is 0 Å². The molecule has 1 aliphatic rings. The summed E-state index contributed by atoms with van der Waals surface area (Å²) in [4.78, 5) is 0. The van der Waals surface area contributed by atoms with Gasteiger partial charge in [-0.15, -0.1) is 0 Å². The van der Waals surface area contributed by atoms with Gasteiger partial charge in [-0.2, -0.15) is 0 Å². The molecule has 2 aromatic rings. The van der Waals surface area contributed by atoms with Crippen LogP contribution in [0.2, 0.25) is 0 Å². The van der Waals surface area contributed by atoms with E-state index in [1.165, 1.54) is 34.7 Å². The second-order valence-electron chi connectivity index (χ2n) is 5.91. The number of hydrogen-bond donors (Lipinski definition) is 2. The Balaban J connectivity index is 1.60. The molecule has 0 aliphatic heterocycles. The number of benzene rings is 2. The number of nitrogens with one attached hydrogen (secondary N) is 1. The van der Waals surface area contributed by atoms with E-state index < -0.39 is 0 Å². The summed E-state index contributed by atoms with van der Waals surface area (Å²) in [6.07, 6.45) is 2.37. The van der Waals surface area contributed by atoms with Crippen LogP contribution in [0.4, 0.5) is 0 Å². The second-order valence-corrected chi connectivity index (χ2v) is 5.91. The fourth-order valence-electron chi connectivity index (χ4n) is 2.90. The SMILES string of the molecule is Cc1ccc2cc(CNCC3CC(N)C3)ccc2c1. The molecule has 0 heterocycles. The van der Waals surface area contributed by atoms with E-state index in [4.69, 9.17) is 5.73 Å². The third kappa shape index (κ3) is 2.96. The zero-order chi connectivity index (χ0) is 13.2. The number of hydrogen-bond acceptors (Lipinski definition) is 2. The molecule has 19 heavy (non-hydrogen) atoms. The van der Waals surface area contributed by atoms with Crippen molar-refractivity contribution in [2.45, 2.75) is 32.4 Å². The summed E-state index contributed by atoms with van der Waals surface area (Å²) in [5, 5.41) is 6.20. The number of rotatable bonds is 4. The Bertz CT molecular complexity index is 570. The molecule has 100 valence electrons. The third-order valence-electron chi connectivity index (χ3n) is 4.09. The Morgan fingerprint density at radius 2 is 1.84 bits per heavy atom. The lowest BCUT2D eigenvalue weighted by molar-refractivity contribution is 0.256. The summed E-state index contributed by atoms with van der Waals surface area (Å²) in [6.45, 7) is 4.19. The van der Waals surface area contributed by atoms with E-state index >= 15 is 0 Å². The Kier molecular flexibility index (Phi) is 3.54. The number of aryl methyl sites for hydroxylation is 1. The van der Waals surface area contributed by atoms with Crippen molar-refractivity contribution in [2.24, 2.45) is 11.7 Å². The lowest BCUT2D eigenvalue weighted by Crippen LogP contribution is -2.41.